The third-order valence-electron chi connectivity index (χ3n) is 5.60. The topological polar surface area (TPSA) is 81.9 Å². The molecule has 184 valence electrons. The number of nitrogens with zero attached hydrogens (tertiary/aromatic N) is 2. The number of benzene rings is 3. The van der Waals surface area contributed by atoms with Gasteiger partial charge in [-0.15, -0.1) is 0 Å². The van der Waals surface area contributed by atoms with E-state index in [4.69, 9.17) is 9.47 Å². The number of nitro groups is 1. The van der Waals surface area contributed by atoms with Crippen molar-refractivity contribution >= 4 is 44.9 Å². The molecule has 3 aromatic carbocycles. The first kappa shape index (κ1) is 25.3. The van der Waals surface area contributed by atoms with Gasteiger partial charge in [0.15, 0.2) is 0 Å². The molecule has 0 N–H and O–H groups in total. The van der Waals surface area contributed by atoms with E-state index >= 15 is 0 Å². The molecule has 0 saturated heterocycles. The molecule has 0 radical (unpaired) electrons. The Kier molecular flexibility index (Phi) is 8.65. The van der Waals surface area contributed by atoms with E-state index in [9.17, 15) is 14.9 Å². The number of ether oxygens (including phenoxy) is 2. The number of rotatable bonds is 11. The highest BCUT2D eigenvalue weighted by Gasteiger charge is 2.31. The lowest BCUT2D eigenvalue weighted by Crippen LogP contribution is -2.25. The summed E-state index contributed by atoms with van der Waals surface area (Å²) < 4.78 is 11.1. The molecule has 0 fully saturated rings. The van der Waals surface area contributed by atoms with Crippen LogP contribution in [0, 0.1) is 10.1 Å². The van der Waals surface area contributed by atoms with E-state index in [1.165, 1.54) is 12.1 Å². The second-order valence-corrected chi connectivity index (χ2v) is 8.78. The van der Waals surface area contributed by atoms with E-state index < -0.39 is 4.92 Å². The van der Waals surface area contributed by atoms with Crippen molar-refractivity contribution in [1.29, 1.82) is 0 Å². The Labute approximate surface area is 217 Å². The van der Waals surface area contributed by atoms with Crippen molar-refractivity contribution in [2.45, 2.75) is 6.54 Å². The minimum absolute atomic E-state index is 0.0416. The Balaban J connectivity index is 1.44. The van der Waals surface area contributed by atoms with Crippen molar-refractivity contribution in [2.24, 2.45) is 0 Å². The zero-order chi connectivity index (χ0) is 25.3. The average molecular weight is 549 g/mol. The molecular formula is C28H25BrN2O5. The van der Waals surface area contributed by atoms with Gasteiger partial charge in [-0.3, -0.25) is 14.9 Å². The molecule has 0 bridgehead atoms. The van der Waals surface area contributed by atoms with E-state index in [1.54, 1.807) is 29.2 Å². The Hall–Kier alpha value is -3.75. The van der Waals surface area contributed by atoms with Crippen LogP contribution < -0.4 is 9.64 Å². The van der Waals surface area contributed by atoms with Gasteiger partial charge in [0.1, 0.15) is 12.4 Å². The van der Waals surface area contributed by atoms with Crippen LogP contribution in [0.4, 0.5) is 11.4 Å². The van der Waals surface area contributed by atoms with Crippen LogP contribution in [0.5, 0.6) is 5.75 Å². The standard InChI is InChI=1S/C28H25BrN2O5/c29-16-17-35-18-19-36-24-14-10-22(11-15-24)20-30-27-7-2-1-5-25(27)26(28(30)32)6-3-4-21-8-12-23(13-9-21)31(33)34/h1-15H,16-20H2/b4-3+,26-6-. The van der Waals surface area contributed by atoms with Gasteiger partial charge in [0.25, 0.3) is 11.6 Å². The van der Waals surface area contributed by atoms with Crippen LogP contribution in [-0.4, -0.2) is 36.0 Å². The van der Waals surface area contributed by atoms with Gasteiger partial charge in [-0.2, -0.15) is 0 Å². The number of allylic oxidation sites excluding steroid dienone is 2. The van der Waals surface area contributed by atoms with Crippen molar-refractivity contribution in [3.8, 4) is 5.75 Å². The first-order chi connectivity index (χ1) is 17.6. The van der Waals surface area contributed by atoms with Gasteiger partial charge < -0.3 is 14.4 Å². The highest BCUT2D eigenvalue weighted by atomic mass is 79.9. The van der Waals surface area contributed by atoms with Gasteiger partial charge >= 0.3 is 0 Å². The molecule has 7 nitrogen and oxygen atoms in total. The van der Waals surface area contributed by atoms with Gasteiger partial charge in [0.2, 0.25) is 0 Å². The molecule has 0 aromatic heterocycles. The van der Waals surface area contributed by atoms with Crippen LogP contribution in [0.15, 0.2) is 84.9 Å². The molecule has 0 spiro atoms. The largest absolute Gasteiger partial charge is 0.491 e. The highest BCUT2D eigenvalue weighted by Crippen LogP contribution is 2.37. The van der Waals surface area contributed by atoms with E-state index in [0.717, 1.165) is 33.5 Å². The lowest BCUT2D eigenvalue weighted by atomic mass is 10.1. The highest BCUT2D eigenvalue weighted by molar-refractivity contribution is 9.09. The fourth-order valence-electron chi connectivity index (χ4n) is 3.84. The number of amides is 1. The van der Waals surface area contributed by atoms with Crippen molar-refractivity contribution < 1.29 is 19.2 Å². The Morgan fingerprint density at radius 3 is 2.42 bits per heavy atom. The summed E-state index contributed by atoms with van der Waals surface area (Å²) >= 11 is 3.32. The Morgan fingerprint density at radius 2 is 1.69 bits per heavy atom. The summed E-state index contributed by atoms with van der Waals surface area (Å²) in [5.74, 6) is 0.681. The monoisotopic (exact) mass is 548 g/mol. The van der Waals surface area contributed by atoms with Gasteiger partial charge in [-0.05, 0) is 47.5 Å². The van der Waals surface area contributed by atoms with Gasteiger partial charge in [-0.25, -0.2) is 0 Å². The SMILES string of the molecule is O=C1/C(=C\C=C\c2ccc([N+](=O)[O-])cc2)c2ccccc2N1Cc1ccc(OCCOCCBr)cc1. The molecule has 0 saturated carbocycles. The quantitative estimate of drug-likeness (QED) is 0.0960. The van der Waals surface area contributed by atoms with Gasteiger partial charge in [0, 0.05) is 28.6 Å². The number of alkyl halides is 1. The third kappa shape index (κ3) is 6.27. The second kappa shape index (κ2) is 12.3. The van der Waals surface area contributed by atoms with E-state index in [2.05, 4.69) is 15.9 Å². The fraction of sp³-hybridized carbons (Fsp3) is 0.179. The van der Waals surface area contributed by atoms with Crippen molar-refractivity contribution in [3.05, 3.63) is 112 Å². The fourth-order valence-corrected chi connectivity index (χ4v) is 4.07. The molecule has 0 unspecified atom stereocenters. The summed E-state index contributed by atoms with van der Waals surface area (Å²) in [6.07, 6.45) is 5.40. The van der Waals surface area contributed by atoms with Gasteiger partial charge in [-0.1, -0.05) is 58.4 Å². The summed E-state index contributed by atoms with van der Waals surface area (Å²) in [5.41, 5.74) is 4.18. The number of hydrogen-bond donors (Lipinski definition) is 0. The van der Waals surface area contributed by atoms with Crippen LogP contribution in [0.25, 0.3) is 11.6 Å². The molecule has 1 aliphatic rings. The summed E-state index contributed by atoms with van der Waals surface area (Å²) in [6, 6.07) is 21.7. The molecule has 1 amide bonds. The normalized spacial score (nSPS) is 14.0. The number of fused-ring (bicyclic) bond motifs is 1. The second-order valence-electron chi connectivity index (χ2n) is 7.99. The van der Waals surface area contributed by atoms with Crippen LogP contribution >= 0.6 is 15.9 Å². The lowest BCUT2D eigenvalue weighted by molar-refractivity contribution is -0.384. The van der Waals surface area contributed by atoms with Crippen LogP contribution in [0.2, 0.25) is 0 Å². The van der Waals surface area contributed by atoms with E-state index in [-0.39, 0.29) is 11.6 Å². The van der Waals surface area contributed by atoms with Crippen molar-refractivity contribution in [1.82, 2.24) is 0 Å². The zero-order valence-corrected chi connectivity index (χ0v) is 21.1. The summed E-state index contributed by atoms with van der Waals surface area (Å²) in [6.45, 7) is 2.09. The number of halogens is 1. The van der Waals surface area contributed by atoms with Crippen molar-refractivity contribution in [2.75, 3.05) is 30.1 Å². The Morgan fingerprint density at radius 1 is 0.944 bits per heavy atom. The zero-order valence-electron chi connectivity index (χ0n) is 19.5. The lowest BCUT2D eigenvalue weighted by Gasteiger charge is -2.17. The maximum absolute atomic E-state index is 13.3. The molecule has 8 heteroatoms. The number of carbonyl (C=O) groups excluding carboxylic acids is 1. The Bertz CT molecular complexity index is 1270. The number of nitro benzene ring substituents is 1. The molecule has 4 rings (SSSR count). The molecule has 1 heterocycles. The van der Waals surface area contributed by atoms with Crippen molar-refractivity contribution in [3.63, 3.8) is 0 Å². The van der Waals surface area contributed by atoms with Crippen LogP contribution in [0.3, 0.4) is 0 Å². The van der Waals surface area contributed by atoms with Crippen LogP contribution in [-0.2, 0) is 16.1 Å². The number of non-ortho nitro benzene ring substituents is 1. The maximum atomic E-state index is 13.3. The molecule has 36 heavy (non-hydrogen) atoms. The smallest absolute Gasteiger partial charge is 0.269 e. The minimum atomic E-state index is -0.430. The predicted octanol–water partition coefficient (Wildman–Crippen LogP) is 6.03. The van der Waals surface area contributed by atoms with Gasteiger partial charge in [0.05, 0.1) is 30.4 Å². The molecule has 0 atom stereocenters. The predicted molar refractivity (Wildman–Crippen MR) is 144 cm³/mol. The van der Waals surface area contributed by atoms with Crippen LogP contribution in [0.1, 0.15) is 16.7 Å². The minimum Gasteiger partial charge on any atom is -0.491 e. The number of para-hydroxylation sites is 1. The number of anilines is 1. The first-order valence-corrected chi connectivity index (χ1v) is 12.6. The van der Waals surface area contributed by atoms with E-state index in [0.29, 0.717) is 31.9 Å². The first-order valence-electron chi connectivity index (χ1n) is 11.5. The molecular weight excluding hydrogens is 524 g/mol. The number of carbonyl (C=O) groups is 1. The summed E-state index contributed by atoms with van der Waals surface area (Å²) in [5, 5.41) is 11.6. The average Bonchev–Trinajstić information content (AvgIpc) is 3.16. The molecule has 3 aromatic rings. The third-order valence-corrected chi connectivity index (χ3v) is 5.92. The maximum Gasteiger partial charge on any atom is 0.269 e. The summed E-state index contributed by atoms with van der Waals surface area (Å²) in [7, 11) is 0. The molecule has 0 aliphatic carbocycles. The number of hydrogen-bond acceptors (Lipinski definition) is 5. The molecule has 1 aliphatic heterocycles. The van der Waals surface area contributed by atoms with E-state index in [1.807, 2.05) is 54.6 Å². The summed E-state index contributed by atoms with van der Waals surface area (Å²) in [4.78, 5) is 25.5.